The van der Waals surface area contributed by atoms with E-state index in [9.17, 15) is 14.4 Å². The number of ether oxygens (including phenoxy) is 4. The Labute approximate surface area is 238 Å². The molecule has 10 heteroatoms. The average Bonchev–Trinajstić information content (AvgIpc) is 2.92. The van der Waals surface area contributed by atoms with Gasteiger partial charge in [-0.05, 0) is 118 Å². The maximum atomic E-state index is 11.6. The van der Waals surface area contributed by atoms with Gasteiger partial charge >= 0.3 is 7.60 Å². The van der Waals surface area contributed by atoms with Crippen molar-refractivity contribution in [3.63, 3.8) is 0 Å². The second-order valence-electron chi connectivity index (χ2n) is 11.1. The lowest BCUT2D eigenvalue weighted by atomic mass is 9.56. The summed E-state index contributed by atoms with van der Waals surface area (Å²) in [4.78, 5) is 19.0. The van der Waals surface area contributed by atoms with Crippen LogP contribution in [0.2, 0.25) is 0 Å². The van der Waals surface area contributed by atoms with Gasteiger partial charge in [0, 0.05) is 0 Å². The smallest absolute Gasteiger partial charge is 0.331 e. The molecule has 224 valence electrons. The molecule has 0 aliphatic heterocycles. The van der Waals surface area contributed by atoms with Gasteiger partial charge in [0.25, 0.3) is 0 Å². The van der Waals surface area contributed by atoms with Gasteiger partial charge in [-0.25, -0.2) is 0 Å². The van der Waals surface area contributed by atoms with Crippen molar-refractivity contribution in [3.8, 4) is 23.0 Å². The molecule has 4 aliphatic rings. The molecule has 0 spiro atoms. The summed E-state index contributed by atoms with van der Waals surface area (Å²) < 4.78 is 32.1. The molecule has 0 atom stereocenters. The third-order valence-electron chi connectivity index (χ3n) is 8.39. The van der Waals surface area contributed by atoms with Crippen LogP contribution in [0.4, 0.5) is 0 Å². The van der Waals surface area contributed by atoms with Crippen molar-refractivity contribution in [2.75, 3.05) is 41.5 Å². The molecule has 4 saturated carbocycles. The van der Waals surface area contributed by atoms with Gasteiger partial charge in [0.05, 0.1) is 33.6 Å². The van der Waals surface area contributed by atoms with Crippen molar-refractivity contribution < 1.29 is 33.3 Å². The molecule has 6 N–H and O–H groups in total. The fourth-order valence-corrected chi connectivity index (χ4v) is 8.32. The van der Waals surface area contributed by atoms with Gasteiger partial charge in [-0.3, -0.25) is 4.57 Å². The number of hydrogen-bond acceptors (Lipinski definition) is 7. The third kappa shape index (κ3) is 7.92. The monoisotopic (exact) mass is 578 g/mol. The molecule has 4 aliphatic carbocycles. The topological polar surface area (TPSA) is 146 Å². The summed E-state index contributed by atoms with van der Waals surface area (Å²) in [5.74, 6) is 4.88. The highest BCUT2D eigenvalue weighted by atomic mass is 31.2. The van der Waals surface area contributed by atoms with E-state index in [2.05, 4.69) is 0 Å². The Hall–Kier alpha value is -2.29. The molecule has 0 aromatic heterocycles. The number of benzene rings is 2. The minimum absolute atomic E-state index is 0.595. The maximum Gasteiger partial charge on any atom is 0.331 e. The molecule has 0 saturated heterocycles. The highest BCUT2D eigenvalue weighted by molar-refractivity contribution is 7.53. The van der Waals surface area contributed by atoms with Gasteiger partial charge in [-0.1, -0.05) is 12.1 Å². The molecule has 40 heavy (non-hydrogen) atoms. The summed E-state index contributed by atoms with van der Waals surface area (Å²) in [6.07, 6.45) is 7.81. The molecule has 9 nitrogen and oxygen atoms in total. The summed E-state index contributed by atoms with van der Waals surface area (Å²) in [5.41, 5.74) is 13.2. The number of hydrogen-bond donors (Lipinski definition) is 4. The second-order valence-corrected chi connectivity index (χ2v) is 13.2. The van der Waals surface area contributed by atoms with E-state index in [-0.39, 0.29) is 0 Å². The molecule has 0 unspecified atom stereocenters. The Morgan fingerprint density at radius 1 is 0.700 bits per heavy atom. The lowest BCUT2D eigenvalue weighted by Crippen LogP contribution is -2.50. The van der Waals surface area contributed by atoms with E-state index in [1.165, 1.54) is 30.4 Å². The molecular formula is C30H47N2O7P. The summed E-state index contributed by atoms with van der Waals surface area (Å²) in [6, 6.07) is 11.7. The number of nitrogens with two attached hydrogens (primary N) is 2. The third-order valence-corrected chi connectivity index (χ3v) is 10.2. The van der Waals surface area contributed by atoms with Gasteiger partial charge in [0.1, 0.15) is 0 Å². The molecule has 4 fully saturated rings. The van der Waals surface area contributed by atoms with Crippen LogP contribution in [0.25, 0.3) is 0 Å². The average molecular weight is 579 g/mol. The Morgan fingerprint density at radius 2 is 1.05 bits per heavy atom. The van der Waals surface area contributed by atoms with Crippen LogP contribution in [0.15, 0.2) is 36.4 Å². The van der Waals surface area contributed by atoms with E-state index in [1.807, 2.05) is 36.4 Å². The van der Waals surface area contributed by atoms with E-state index in [0.29, 0.717) is 30.8 Å². The van der Waals surface area contributed by atoms with Crippen LogP contribution in [-0.2, 0) is 17.4 Å². The van der Waals surface area contributed by atoms with Crippen molar-refractivity contribution in [3.05, 3.63) is 47.5 Å². The normalized spacial score (nSPS) is 24.2. The van der Waals surface area contributed by atoms with Crippen LogP contribution in [0.3, 0.4) is 0 Å². The van der Waals surface area contributed by atoms with Gasteiger partial charge in [-0.2, -0.15) is 0 Å². The van der Waals surface area contributed by atoms with E-state index < -0.39 is 12.8 Å². The summed E-state index contributed by atoms with van der Waals surface area (Å²) >= 11 is 0. The van der Waals surface area contributed by atoms with E-state index in [0.717, 1.165) is 55.1 Å². The van der Waals surface area contributed by atoms with Crippen LogP contribution >= 0.6 is 7.60 Å². The molecule has 2 aromatic carbocycles. The second kappa shape index (κ2) is 14.6. The van der Waals surface area contributed by atoms with Crippen LogP contribution < -0.4 is 30.4 Å². The lowest BCUT2D eigenvalue weighted by molar-refractivity contribution is 0.0228. The van der Waals surface area contributed by atoms with Gasteiger partial charge < -0.3 is 40.2 Å². The standard InChI is InChI=1S/2C10H15NO2.C10H17O3P/c2*1-12-9-4-3-8(5-6-11)7-10(9)13-2;11-14(12,13)10-4-7-1-8(5-10)3-9(2-7)6-10/h2*3-4,7H,5-6,11H2,1-2H3;7-9H,1-6H2,(H2,11,12,13). The van der Waals surface area contributed by atoms with E-state index in [1.54, 1.807) is 28.4 Å². The SMILES string of the molecule is COc1ccc(CCN)cc1OC.COc1ccc(CCN)cc1OC.O=P(O)(O)C12CC3CC(CC(C3)C1)C2. The van der Waals surface area contributed by atoms with Crippen LogP contribution in [0.5, 0.6) is 23.0 Å². The lowest BCUT2D eigenvalue weighted by Gasteiger charge is -2.56. The summed E-state index contributed by atoms with van der Waals surface area (Å²) in [6.45, 7) is 1.30. The van der Waals surface area contributed by atoms with E-state index in [4.69, 9.17) is 30.4 Å². The van der Waals surface area contributed by atoms with Crippen molar-refractivity contribution in [2.24, 2.45) is 29.2 Å². The highest BCUT2D eigenvalue weighted by Gasteiger charge is 2.58. The fraction of sp³-hybridized carbons (Fsp3) is 0.600. The Bertz CT molecular complexity index is 1040. The summed E-state index contributed by atoms with van der Waals surface area (Å²) in [7, 11) is 2.64. The Kier molecular flexibility index (Phi) is 11.7. The molecular weight excluding hydrogens is 531 g/mol. The fourth-order valence-electron chi connectivity index (χ4n) is 6.83. The van der Waals surface area contributed by atoms with E-state index >= 15 is 0 Å². The van der Waals surface area contributed by atoms with Crippen LogP contribution in [-0.4, -0.2) is 56.5 Å². The first kappa shape index (κ1) is 32.2. The summed E-state index contributed by atoms with van der Waals surface area (Å²) in [5, 5.41) is -0.595. The van der Waals surface area contributed by atoms with Gasteiger partial charge in [-0.15, -0.1) is 0 Å². The molecule has 6 rings (SSSR count). The van der Waals surface area contributed by atoms with Gasteiger partial charge in [0.2, 0.25) is 0 Å². The minimum Gasteiger partial charge on any atom is -0.493 e. The van der Waals surface area contributed by atoms with Crippen molar-refractivity contribution in [1.82, 2.24) is 0 Å². The molecule has 0 heterocycles. The van der Waals surface area contributed by atoms with Crippen LogP contribution in [0, 0.1) is 17.8 Å². The van der Waals surface area contributed by atoms with Crippen molar-refractivity contribution in [2.45, 2.75) is 56.5 Å². The van der Waals surface area contributed by atoms with Crippen molar-refractivity contribution in [1.29, 1.82) is 0 Å². The van der Waals surface area contributed by atoms with Crippen molar-refractivity contribution >= 4 is 7.60 Å². The predicted molar refractivity (Wildman–Crippen MR) is 158 cm³/mol. The molecule has 2 aromatic rings. The first-order valence-corrected chi connectivity index (χ1v) is 15.6. The first-order chi connectivity index (χ1) is 19.1. The number of rotatable bonds is 9. The number of methoxy groups -OCH3 is 4. The Balaban J connectivity index is 0.000000166. The maximum absolute atomic E-state index is 11.6. The quantitative estimate of drug-likeness (QED) is 0.315. The highest BCUT2D eigenvalue weighted by Crippen LogP contribution is 2.69. The van der Waals surface area contributed by atoms with Crippen LogP contribution in [0.1, 0.15) is 49.7 Å². The molecule has 4 bridgehead atoms. The first-order valence-electron chi connectivity index (χ1n) is 14.0. The predicted octanol–water partition coefficient (Wildman–Crippen LogP) is 4.54. The molecule has 0 radical (unpaired) electrons. The molecule has 0 amide bonds. The van der Waals surface area contributed by atoms with Gasteiger partial charge in [0.15, 0.2) is 23.0 Å². The Morgan fingerprint density at radius 3 is 1.32 bits per heavy atom. The largest absolute Gasteiger partial charge is 0.493 e. The zero-order valence-electron chi connectivity index (χ0n) is 24.3. The zero-order chi connectivity index (χ0) is 29.3. The zero-order valence-corrected chi connectivity index (χ0v) is 25.2. The minimum atomic E-state index is -3.87.